The number of hydrogen-bond acceptors (Lipinski definition) is 6. The van der Waals surface area contributed by atoms with Gasteiger partial charge in [0.2, 0.25) is 0 Å². The van der Waals surface area contributed by atoms with Crippen molar-refractivity contribution in [3.63, 3.8) is 0 Å². The second kappa shape index (κ2) is 5.61. The van der Waals surface area contributed by atoms with Crippen molar-refractivity contribution in [2.24, 2.45) is 0 Å². The molecule has 5 nitrogen and oxygen atoms in total. The van der Waals surface area contributed by atoms with Gasteiger partial charge in [0.1, 0.15) is 0 Å². The molecule has 1 N–H and O–H groups in total. The molecule has 20 heavy (non-hydrogen) atoms. The van der Waals surface area contributed by atoms with Gasteiger partial charge in [0.25, 0.3) is 0 Å². The number of thiazole rings is 1. The van der Waals surface area contributed by atoms with E-state index in [9.17, 15) is 8.42 Å². The highest BCUT2D eigenvalue weighted by Gasteiger charge is 2.27. The number of nitrogens with zero attached hydrogens (tertiary/aromatic N) is 2. The van der Waals surface area contributed by atoms with Gasteiger partial charge < -0.3 is 10.2 Å². The van der Waals surface area contributed by atoms with Crippen LogP contribution in [0, 0.1) is 0 Å². The minimum absolute atomic E-state index is 0.00277. The third-order valence-electron chi connectivity index (χ3n) is 3.35. The van der Waals surface area contributed by atoms with Gasteiger partial charge in [-0.25, -0.2) is 13.4 Å². The maximum atomic E-state index is 11.5. The summed E-state index contributed by atoms with van der Waals surface area (Å²) in [5.74, 6) is 0.470. The molecule has 1 saturated heterocycles. The molecule has 0 spiro atoms. The number of aromatic nitrogens is 1. The molecule has 114 valence electrons. The summed E-state index contributed by atoms with van der Waals surface area (Å²) in [6.45, 7) is 8.39. The smallest absolute Gasteiger partial charge is 0.185 e. The average molecular weight is 317 g/mol. The summed E-state index contributed by atoms with van der Waals surface area (Å²) in [5, 5.41) is 4.14. The zero-order chi connectivity index (χ0) is 15.0. The van der Waals surface area contributed by atoms with E-state index in [2.05, 4.69) is 31.0 Å². The molecule has 2 heterocycles. The van der Waals surface area contributed by atoms with Crippen molar-refractivity contribution in [2.45, 2.75) is 32.7 Å². The Morgan fingerprint density at radius 1 is 1.30 bits per heavy atom. The lowest BCUT2D eigenvalue weighted by atomic mass is 9.91. The first-order valence-corrected chi connectivity index (χ1v) is 9.47. The molecule has 0 amide bonds. The molecule has 1 aliphatic heterocycles. The molecule has 0 saturated carbocycles. The Kier molecular flexibility index (Phi) is 4.41. The number of sulfone groups is 1. The molecule has 1 aliphatic rings. The Balaban J connectivity index is 2.25. The highest BCUT2D eigenvalue weighted by atomic mass is 32.2. The summed E-state index contributed by atoms with van der Waals surface area (Å²) in [6.07, 6.45) is 0. The average Bonchev–Trinajstić information content (AvgIpc) is 2.73. The molecule has 0 atom stereocenters. The minimum Gasteiger partial charge on any atom is -0.346 e. The van der Waals surface area contributed by atoms with E-state index in [4.69, 9.17) is 4.98 Å². The second-order valence-electron chi connectivity index (χ2n) is 6.19. The molecule has 0 unspecified atom stereocenters. The highest BCUT2D eigenvalue weighted by molar-refractivity contribution is 7.91. The van der Waals surface area contributed by atoms with Crippen LogP contribution in [0.15, 0.2) is 0 Å². The van der Waals surface area contributed by atoms with Crippen molar-refractivity contribution >= 4 is 26.3 Å². The summed E-state index contributed by atoms with van der Waals surface area (Å²) in [6, 6.07) is 0. The van der Waals surface area contributed by atoms with Crippen molar-refractivity contribution in [2.75, 3.05) is 36.5 Å². The maximum Gasteiger partial charge on any atom is 0.185 e. The summed E-state index contributed by atoms with van der Waals surface area (Å²) in [7, 11) is -0.913. The van der Waals surface area contributed by atoms with E-state index in [1.165, 1.54) is 4.88 Å². The van der Waals surface area contributed by atoms with Crippen LogP contribution in [-0.2, 0) is 21.8 Å². The van der Waals surface area contributed by atoms with E-state index in [0.29, 0.717) is 13.1 Å². The largest absolute Gasteiger partial charge is 0.346 e. The van der Waals surface area contributed by atoms with Crippen molar-refractivity contribution in [1.82, 2.24) is 10.3 Å². The van der Waals surface area contributed by atoms with Gasteiger partial charge in [-0.15, -0.1) is 11.3 Å². The van der Waals surface area contributed by atoms with E-state index >= 15 is 0 Å². The van der Waals surface area contributed by atoms with Gasteiger partial charge in [0.15, 0.2) is 15.0 Å². The van der Waals surface area contributed by atoms with Crippen LogP contribution in [0.5, 0.6) is 0 Å². The predicted octanol–water partition coefficient (Wildman–Crippen LogP) is 1.39. The van der Waals surface area contributed by atoms with Gasteiger partial charge in [0.05, 0.1) is 17.2 Å². The third kappa shape index (κ3) is 3.51. The van der Waals surface area contributed by atoms with Crippen LogP contribution in [0.1, 0.15) is 31.3 Å². The van der Waals surface area contributed by atoms with Crippen molar-refractivity contribution in [3.8, 4) is 0 Å². The Morgan fingerprint density at radius 2 is 1.90 bits per heavy atom. The first-order chi connectivity index (χ1) is 9.23. The molecule has 0 aromatic carbocycles. The lowest BCUT2D eigenvalue weighted by Crippen LogP contribution is -2.40. The van der Waals surface area contributed by atoms with Crippen molar-refractivity contribution in [1.29, 1.82) is 0 Å². The fourth-order valence-electron chi connectivity index (χ4n) is 2.24. The standard InChI is InChI=1S/C13H23N3O2S2/c1-13(2,3)11-10(9-14-4)19-12(15-11)16-5-7-20(17,18)8-6-16/h14H,5-9H2,1-4H3. The fourth-order valence-corrected chi connectivity index (χ4v) is 4.78. The monoisotopic (exact) mass is 317 g/mol. The van der Waals surface area contributed by atoms with Crippen LogP contribution >= 0.6 is 11.3 Å². The molecule has 7 heteroatoms. The molecular weight excluding hydrogens is 294 g/mol. The zero-order valence-electron chi connectivity index (χ0n) is 12.6. The zero-order valence-corrected chi connectivity index (χ0v) is 14.2. The van der Waals surface area contributed by atoms with Crippen LogP contribution < -0.4 is 10.2 Å². The number of hydrogen-bond donors (Lipinski definition) is 1. The molecule has 1 fully saturated rings. The van der Waals surface area contributed by atoms with Crippen molar-refractivity contribution in [3.05, 3.63) is 10.6 Å². The van der Waals surface area contributed by atoms with Crippen LogP contribution in [0.3, 0.4) is 0 Å². The molecule has 0 radical (unpaired) electrons. The second-order valence-corrected chi connectivity index (χ2v) is 9.55. The van der Waals surface area contributed by atoms with Gasteiger partial charge in [-0.3, -0.25) is 0 Å². The van der Waals surface area contributed by atoms with E-state index in [-0.39, 0.29) is 16.9 Å². The Bertz CT molecular complexity index is 559. The summed E-state index contributed by atoms with van der Waals surface area (Å²) in [4.78, 5) is 8.12. The van der Waals surface area contributed by atoms with Crippen LogP contribution in [-0.4, -0.2) is 45.0 Å². The van der Waals surface area contributed by atoms with Gasteiger partial charge in [-0.1, -0.05) is 20.8 Å². The first kappa shape index (κ1) is 15.7. The van der Waals surface area contributed by atoms with Crippen LogP contribution in [0.2, 0.25) is 0 Å². The van der Waals surface area contributed by atoms with Gasteiger partial charge in [-0.2, -0.15) is 0 Å². The fraction of sp³-hybridized carbons (Fsp3) is 0.769. The van der Waals surface area contributed by atoms with Gasteiger partial charge in [0, 0.05) is 29.9 Å². The van der Waals surface area contributed by atoms with Gasteiger partial charge in [-0.05, 0) is 7.05 Å². The number of nitrogens with one attached hydrogen (secondary N) is 1. The summed E-state index contributed by atoms with van der Waals surface area (Å²) in [5.41, 5.74) is 1.11. The lowest BCUT2D eigenvalue weighted by molar-refractivity contribution is 0.561. The van der Waals surface area contributed by atoms with Gasteiger partial charge >= 0.3 is 0 Å². The van der Waals surface area contributed by atoms with E-state index in [1.54, 1.807) is 11.3 Å². The molecule has 0 aliphatic carbocycles. The minimum atomic E-state index is -2.84. The maximum absolute atomic E-state index is 11.5. The van der Waals surface area contributed by atoms with E-state index < -0.39 is 9.84 Å². The Labute approximate surface area is 125 Å². The molecule has 2 rings (SSSR count). The quantitative estimate of drug-likeness (QED) is 0.913. The normalized spacial score (nSPS) is 19.3. The third-order valence-corrected chi connectivity index (χ3v) is 6.07. The number of anilines is 1. The highest BCUT2D eigenvalue weighted by Crippen LogP contribution is 2.34. The Hall–Kier alpha value is -0.660. The van der Waals surface area contributed by atoms with Crippen LogP contribution in [0.25, 0.3) is 0 Å². The summed E-state index contributed by atoms with van der Waals surface area (Å²) < 4.78 is 23.0. The molecule has 1 aromatic rings. The Morgan fingerprint density at radius 3 is 2.40 bits per heavy atom. The number of rotatable bonds is 3. The predicted molar refractivity (Wildman–Crippen MR) is 84.4 cm³/mol. The van der Waals surface area contributed by atoms with Crippen molar-refractivity contribution < 1.29 is 8.42 Å². The lowest BCUT2D eigenvalue weighted by Gasteiger charge is -2.26. The SMILES string of the molecule is CNCc1sc(N2CCS(=O)(=O)CC2)nc1C(C)(C)C. The summed E-state index contributed by atoms with van der Waals surface area (Å²) >= 11 is 1.68. The molecule has 1 aromatic heterocycles. The topological polar surface area (TPSA) is 62.3 Å². The van der Waals surface area contributed by atoms with E-state index in [1.807, 2.05) is 7.05 Å². The molecule has 0 bridgehead atoms. The van der Waals surface area contributed by atoms with Crippen LogP contribution in [0.4, 0.5) is 5.13 Å². The first-order valence-electron chi connectivity index (χ1n) is 6.83. The van der Waals surface area contributed by atoms with E-state index in [0.717, 1.165) is 17.4 Å². The molecular formula is C13H23N3O2S2.